The van der Waals surface area contributed by atoms with E-state index in [9.17, 15) is 4.79 Å². The van der Waals surface area contributed by atoms with Crippen LogP contribution in [0.5, 0.6) is 0 Å². The number of carbonyl (C=O) groups excluding carboxylic acids is 1. The molecule has 20 heavy (non-hydrogen) atoms. The molecule has 0 aliphatic rings. The van der Waals surface area contributed by atoms with Gasteiger partial charge in [-0.25, -0.2) is 0 Å². The zero-order chi connectivity index (χ0) is 14.7. The number of benzene rings is 1. The second-order valence-electron chi connectivity index (χ2n) is 4.38. The van der Waals surface area contributed by atoms with Gasteiger partial charge in [-0.05, 0) is 31.5 Å². The number of amides is 1. The molecule has 0 aliphatic heterocycles. The monoisotopic (exact) mass is 269 g/mol. The van der Waals surface area contributed by atoms with Crippen LogP contribution in [0.1, 0.15) is 28.5 Å². The van der Waals surface area contributed by atoms with Crippen molar-refractivity contribution in [2.75, 3.05) is 11.1 Å². The van der Waals surface area contributed by atoms with Crippen LogP contribution in [0.15, 0.2) is 24.4 Å². The third kappa shape index (κ3) is 2.62. The molecule has 1 aromatic heterocycles. The number of nitrogens with two attached hydrogens (primary N) is 1. The number of rotatable bonds is 3. The fourth-order valence-electron chi connectivity index (χ4n) is 1.78. The molecule has 2 aromatic rings. The number of hydrogen-bond donors (Lipinski definition) is 2. The Morgan fingerprint density at radius 2 is 2.30 bits per heavy atom. The quantitative estimate of drug-likeness (QED) is 0.889. The van der Waals surface area contributed by atoms with E-state index in [1.807, 2.05) is 19.9 Å². The molecule has 1 aromatic carbocycles. The minimum Gasteiger partial charge on any atom is -0.396 e. The van der Waals surface area contributed by atoms with Crippen molar-refractivity contribution in [2.45, 2.75) is 20.4 Å². The number of carbonyl (C=O) groups is 1. The summed E-state index contributed by atoms with van der Waals surface area (Å²) in [5, 5.41) is 15.7. The van der Waals surface area contributed by atoms with Crippen molar-refractivity contribution in [3.63, 3.8) is 0 Å². The molecule has 0 atom stereocenters. The lowest BCUT2D eigenvalue weighted by Crippen LogP contribution is -2.15. The van der Waals surface area contributed by atoms with Crippen LogP contribution >= 0.6 is 0 Å². The molecule has 2 rings (SSSR count). The lowest BCUT2D eigenvalue weighted by atomic mass is 10.1. The van der Waals surface area contributed by atoms with E-state index in [2.05, 4.69) is 10.4 Å². The zero-order valence-electron chi connectivity index (χ0n) is 11.3. The van der Waals surface area contributed by atoms with E-state index in [1.54, 1.807) is 29.1 Å². The Morgan fingerprint density at radius 1 is 1.55 bits per heavy atom. The van der Waals surface area contributed by atoms with Crippen LogP contribution < -0.4 is 11.1 Å². The molecule has 0 saturated heterocycles. The topological polar surface area (TPSA) is 96.7 Å². The molecule has 0 bridgehead atoms. The van der Waals surface area contributed by atoms with Crippen molar-refractivity contribution >= 4 is 17.3 Å². The molecule has 0 spiro atoms. The van der Waals surface area contributed by atoms with Crippen molar-refractivity contribution in [3.05, 3.63) is 41.2 Å². The molecular weight excluding hydrogens is 254 g/mol. The second-order valence-corrected chi connectivity index (χ2v) is 4.38. The van der Waals surface area contributed by atoms with E-state index in [0.717, 1.165) is 5.56 Å². The Bertz CT molecular complexity index is 696. The molecule has 0 radical (unpaired) electrons. The lowest BCUT2D eigenvalue weighted by Gasteiger charge is -2.07. The first kappa shape index (κ1) is 13.6. The summed E-state index contributed by atoms with van der Waals surface area (Å²) in [6.45, 7) is 4.40. The Kier molecular flexibility index (Phi) is 3.71. The van der Waals surface area contributed by atoms with Crippen molar-refractivity contribution in [1.82, 2.24) is 9.78 Å². The van der Waals surface area contributed by atoms with Crippen LogP contribution in [0.25, 0.3) is 0 Å². The Balaban J connectivity index is 2.27. The smallest absolute Gasteiger partial charge is 0.278 e. The molecule has 3 N–H and O–H groups in total. The number of nitrogen functional groups attached to an aromatic ring is 1. The van der Waals surface area contributed by atoms with Gasteiger partial charge in [-0.3, -0.25) is 9.48 Å². The molecule has 6 heteroatoms. The van der Waals surface area contributed by atoms with Gasteiger partial charge in [0.25, 0.3) is 5.91 Å². The maximum atomic E-state index is 12.2. The van der Waals surface area contributed by atoms with Gasteiger partial charge in [-0.2, -0.15) is 10.4 Å². The molecule has 1 amide bonds. The highest BCUT2D eigenvalue weighted by atomic mass is 16.2. The average Bonchev–Trinajstić information content (AvgIpc) is 2.82. The van der Waals surface area contributed by atoms with Crippen molar-refractivity contribution in [2.24, 2.45) is 0 Å². The summed E-state index contributed by atoms with van der Waals surface area (Å²) in [6.07, 6.45) is 1.62. The summed E-state index contributed by atoms with van der Waals surface area (Å²) in [6, 6.07) is 7.14. The number of nitrogens with zero attached hydrogens (tertiary/aromatic N) is 3. The minimum absolute atomic E-state index is 0.189. The molecule has 6 nitrogen and oxygen atoms in total. The van der Waals surface area contributed by atoms with Crippen molar-refractivity contribution in [1.29, 1.82) is 5.26 Å². The second kappa shape index (κ2) is 5.45. The van der Waals surface area contributed by atoms with Crippen LogP contribution in [-0.2, 0) is 6.54 Å². The molecule has 102 valence electrons. The SMILES string of the molecule is CCn1cc(N)c(C(=O)Nc2cc(C#N)ccc2C)n1. The minimum atomic E-state index is -0.382. The van der Waals surface area contributed by atoms with Gasteiger partial charge in [-0.1, -0.05) is 6.07 Å². The predicted octanol–water partition coefficient (Wildman–Crippen LogP) is 1.92. The first-order chi connectivity index (χ1) is 9.55. The highest BCUT2D eigenvalue weighted by Crippen LogP contribution is 2.18. The largest absolute Gasteiger partial charge is 0.396 e. The Morgan fingerprint density at radius 3 is 2.90 bits per heavy atom. The van der Waals surface area contributed by atoms with Gasteiger partial charge in [0.05, 0.1) is 17.3 Å². The summed E-state index contributed by atoms with van der Waals surface area (Å²) in [5.74, 6) is -0.382. The van der Waals surface area contributed by atoms with Gasteiger partial charge in [0.15, 0.2) is 5.69 Å². The van der Waals surface area contributed by atoms with Gasteiger partial charge in [0.1, 0.15) is 0 Å². The van der Waals surface area contributed by atoms with Crippen molar-refractivity contribution < 1.29 is 4.79 Å². The zero-order valence-corrected chi connectivity index (χ0v) is 11.3. The van der Waals surface area contributed by atoms with E-state index in [4.69, 9.17) is 11.0 Å². The van der Waals surface area contributed by atoms with Gasteiger partial charge >= 0.3 is 0 Å². The van der Waals surface area contributed by atoms with Crippen LogP contribution in [-0.4, -0.2) is 15.7 Å². The maximum absolute atomic E-state index is 12.2. The first-order valence-electron chi connectivity index (χ1n) is 6.20. The summed E-state index contributed by atoms with van der Waals surface area (Å²) < 4.78 is 1.60. The van der Waals surface area contributed by atoms with E-state index < -0.39 is 0 Å². The Labute approximate surface area is 116 Å². The van der Waals surface area contributed by atoms with Crippen LogP contribution in [0, 0.1) is 18.3 Å². The first-order valence-corrected chi connectivity index (χ1v) is 6.20. The predicted molar refractivity (Wildman–Crippen MR) is 76.2 cm³/mol. The normalized spacial score (nSPS) is 10.1. The average molecular weight is 269 g/mol. The summed E-state index contributed by atoms with van der Waals surface area (Å²) in [7, 11) is 0. The van der Waals surface area contributed by atoms with Gasteiger partial charge in [0.2, 0.25) is 0 Å². The number of nitriles is 1. The third-order valence-corrected chi connectivity index (χ3v) is 2.94. The highest BCUT2D eigenvalue weighted by molar-refractivity contribution is 6.06. The number of hydrogen-bond acceptors (Lipinski definition) is 4. The molecular formula is C14H15N5O. The summed E-state index contributed by atoms with van der Waals surface area (Å²) >= 11 is 0. The molecule has 0 fully saturated rings. The van der Waals surface area contributed by atoms with Crippen LogP contribution in [0.4, 0.5) is 11.4 Å². The van der Waals surface area contributed by atoms with Gasteiger partial charge < -0.3 is 11.1 Å². The third-order valence-electron chi connectivity index (χ3n) is 2.94. The molecule has 0 saturated carbocycles. The van der Waals surface area contributed by atoms with E-state index in [1.165, 1.54) is 0 Å². The molecule has 1 heterocycles. The lowest BCUT2D eigenvalue weighted by molar-refractivity contribution is 0.102. The van der Waals surface area contributed by atoms with E-state index in [0.29, 0.717) is 23.5 Å². The van der Waals surface area contributed by atoms with Crippen molar-refractivity contribution in [3.8, 4) is 6.07 Å². The highest BCUT2D eigenvalue weighted by Gasteiger charge is 2.15. The van der Waals surface area contributed by atoms with E-state index in [-0.39, 0.29) is 11.6 Å². The fourth-order valence-corrected chi connectivity index (χ4v) is 1.78. The van der Waals surface area contributed by atoms with Gasteiger partial charge in [0, 0.05) is 18.4 Å². The number of nitrogens with one attached hydrogen (secondary N) is 1. The van der Waals surface area contributed by atoms with Crippen LogP contribution in [0.3, 0.4) is 0 Å². The number of aryl methyl sites for hydroxylation is 2. The Hall–Kier alpha value is -2.81. The maximum Gasteiger partial charge on any atom is 0.278 e. The fraction of sp³-hybridized carbons (Fsp3) is 0.214. The number of anilines is 2. The van der Waals surface area contributed by atoms with Crippen LogP contribution in [0.2, 0.25) is 0 Å². The summed E-state index contributed by atoms with van der Waals surface area (Å²) in [5.41, 5.74) is 8.22. The standard InChI is InChI=1S/C14H15N5O/c1-3-19-8-11(16)13(18-19)14(20)17-12-6-10(7-15)5-4-9(12)2/h4-6,8H,3,16H2,1-2H3,(H,17,20). The molecule has 0 aliphatic carbocycles. The summed E-state index contributed by atoms with van der Waals surface area (Å²) in [4.78, 5) is 12.2. The molecule has 0 unspecified atom stereocenters. The van der Waals surface area contributed by atoms with E-state index >= 15 is 0 Å². The number of aromatic nitrogens is 2. The van der Waals surface area contributed by atoms with Gasteiger partial charge in [-0.15, -0.1) is 0 Å².